The molecule has 0 atom stereocenters. The number of rotatable bonds is 1. The van der Waals surface area contributed by atoms with E-state index in [0.717, 1.165) is 23.2 Å². The normalized spacial score (nSPS) is 14.7. The summed E-state index contributed by atoms with van der Waals surface area (Å²) in [6.45, 7) is 0. The molecule has 0 saturated heterocycles. The predicted octanol–water partition coefficient (Wildman–Crippen LogP) is 1.83. The second-order valence-electron chi connectivity index (χ2n) is 4.37. The second kappa shape index (κ2) is 3.87. The van der Waals surface area contributed by atoms with Gasteiger partial charge in [-0.15, -0.1) is 0 Å². The molecule has 0 bridgehead atoms. The molecule has 1 amide bonds. The minimum Gasteiger partial charge on any atom is -0.368 e. The van der Waals surface area contributed by atoms with E-state index in [1.807, 2.05) is 18.2 Å². The Kier molecular flexibility index (Phi) is 2.33. The molecule has 1 aromatic carbocycles. The number of aromatic nitrogens is 1. The van der Waals surface area contributed by atoms with Gasteiger partial charge in [0.2, 0.25) is 11.8 Å². The van der Waals surface area contributed by atoms with Crippen molar-refractivity contribution in [3.05, 3.63) is 29.8 Å². The number of anilines is 2. The Morgan fingerprint density at radius 2 is 2.22 bits per heavy atom. The highest BCUT2D eigenvalue weighted by Gasteiger charge is 2.24. The van der Waals surface area contributed by atoms with Crippen LogP contribution in [0.25, 0.3) is 11.3 Å². The van der Waals surface area contributed by atoms with E-state index in [2.05, 4.69) is 5.16 Å². The Labute approximate surface area is 104 Å². The van der Waals surface area contributed by atoms with Crippen molar-refractivity contribution in [1.29, 1.82) is 0 Å². The molecule has 1 aromatic heterocycles. The predicted molar refractivity (Wildman–Crippen MR) is 68.1 cm³/mol. The molecule has 5 nitrogen and oxygen atoms in total. The largest absolute Gasteiger partial charge is 0.368 e. The summed E-state index contributed by atoms with van der Waals surface area (Å²) in [6.07, 6.45) is 1.25. The number of nitrogens with two attached hydrogens (primary N) is 1. The molecule has 2 heterocycles. The first-order chi connectivity index (χ1) is 8.66. The summed E-state index contributed by atoms with van der Waals surface area (Å²) in [5.74, 6) is 0.433. The number of hydrogen-bond acceptors (Lipinski definition) is 4. The fourth-order valence-electron chi connectivity index (χ4n) is 2.34. The first-order valence-electron chi connectivity index (χ1n) is 5.78. The van der Waals surface area contributed by atoms with Crippen molar-refractivity contribution in [2.45, 2.75) is 12.8 Å². The number of carbonyl (C=O) groups excluding carboxylic acids is 1. The first kappa shape index (κ1) is 10.8. The van der Waals surface area contributed by atoms with Crippen molar-refractivity contribution in [2.24, 2.45) is 0 Å². The standard InChI is InChI=1S/C13H13N3O2/c1-16-11-4-2-3-8(9(11)5-6-13(16)17)10-7-12(14)18-15-10/h2-4,7H,5-6,14H2,1H3. The first-order valence-corrected chi connectivity index (χ1v) is 5.78. The highest BCUT2D eigenvalue weighted by atomic mass is 16.5. The maximum atomic E-state index is 11.7. The van der Waals surface area contributed by atoms with Crippen LogP contribution < -0.4 is 10.6 Å². The van der Waals surface area contributed by atoms with E-state index in [1.54, 1.807) is 18.0 Å². The van der Waals surface area contributed by atoms with Crippen molar-refractivity contribution in [1.82, 2.24) is 5.16 Å². The van der Waals surface area contributed by atoms with E-state index in [0.29, 0.717) is 18.0 Å². The van der Waals surface area contributed by atoms with E-state index in [1.165, 1.54) is 0 Å². The van der Waals surface area contributed by atoms with Gasteiger partial charge in [0.25, 0.3) is 0 Å². The number of benzene rings is 1. The molecule has 2 aromatic rings. The highest BCUT2D eigenvalue weighted by molar-refractivity contribution is 5.97. The summed E-state index contributed by atoms with van der Waals surface area (Å²) in [4.78, 5) is 13.4. The minimum atomic E-state index is 0.138. The summed E-state index contributed by atoms with van der Waals surface area (Å²) < 4.78 is 4.91. The summed E-state index contributed by atoms with van der Waals surface area (Å²) >= 11 is 0. The maximum absolute atomic E-state index is 11.7. The summed E-state index contributed by atoms with van der Waals surface area (Å²) in [5, 5.41) is 3.93. The molecule has 1 aliphatic rings. The molecular weight excluding hydrogens is 230 g/mol. The van der Waals surface area contributed by atoms with Gasteiger partial charge in [0.05, 0.1) is 0 Å². The molecule has 0 unspecified atom stereocenters. The second-order valence-corrected chi connectivity index (χ2v) is 4.37. The quantitative estimate of drug-likeness (QED) is 0.829. The molecule has 5 heteroatoms. The number of nitrogen functional groups attached to an aromatic ring is 1. The third kappa shape index (κ3) is 1.55. The highest BCUT2D eigenvalue weighted by Crippen LogP contribution is 2.35. The molecule has 0 spiro atoms. The number of nitrogens with zero attached hydrogens (tertiary/aromatic N) is 2. The van der Waals surface area contributed by atoms with E-state index < -0.39 is 0 Å². The van der Waals surface area contributed by atoms with E-state index >= 15 is 0 Å². The SMILES string of the molecule is CN1C(=O)CCc2c(-c3cc(N)on3)cccc21. The lowest BCUT2D eigenvalue weighted by molar-refractivity contribution is -0.118. The van der Waals surface area contributed by atoms with Gasteiger partial charge in [-0.05, 0) is 18.1 Å². The maximum Gasteiger partial charge on any atom is 0.227 e. The number of carbonyl (C=O) groups is 1. The van der Waals surface area contributed by atoms with Crippen molar-refractivity contribution in [2.75, 3.05) is 17.7 Å². The minimum absolute atomic E-state index is 0.138. The van der Waals surface area contributed by atoms with Gasteiger partial charge in [-0.1, -0.05) is 17.3 Å². The molecule has 92 valence electrons. The van der Waals surface area contributed by atoms with Crippen LogP contribution in [0, 0.1) is 0 Å². The van der Waals surface area contributed by atoms with Crippen LogP contribution in [-0.4, -0.2) is 18.1 Å². The zero-order chi connectivity index (χ0) is 12.7. The van der Waals surface area contributed by atoms with Gasteiger partial charge in [0, 0.05) is 30.8 Å². The lowest BCUT2D eigenvalue weighted by atomic mass is 9.94. The van der Waals surface area contributed by atoms with Crippen LogP contribution in [0.1, 0.15) is 12.0 Å². The number of fused-ring (bicyclic) bond motifs is 1. The van der Waals surface area contributed by atoms with Gasteiger partial charge in [-0.3, -0.25) is 4.79 Å². The Balaban J connectivity index is 2.15. The molecule has 0 aliphatic carbocycles. The fraction of sp³-hybridized carbons (Fsp3) is 0.231. The fourth-order valence-corrected chi connectivity index (χ4v) is 2.34. The number of hydrogen-bond donors (Lipinski definition) is 1. The molecule has 2 N–H and O–H groups in total. The van der Waals surface area contributed by atoms with Gasteiger partial charge in [0.15, 0.2) is 0 Å². The van der Waals surface area contributed by atoms with Crippen LogP contribution in [0.3, 0.4) is 0 Å². The topological polar surface area (TPSA) is 72.4 Å². The van der Waals surface area contributed by atoms with Gasteiger partial charge in [0.1, 0.15) is 5.69 Å². The molecular formula is C13H13N3O2. The Hall–Kier alpha value is -2.30. The molecule has 0 radical (unpaired) electrons. The van der Waals surface area contributed by atoms with Crippen molar-refractivity contribution in [3.8, 4) is 11.3 Å². The Morgan fingerprint density at radius 3 is 2.94 bits per heavy atom. The van der Waals surface area contributed by atoms with Gasteiger partial charge in [-0.2, -0.15) is 0 Å². The van der Waals surface area contributed by atoms with Crippen LogP contribution in [-0.2, 0) is 11.2 Å². The average molecular weight is 243 g/mol. The van der Waals surface area contributed by atoms with Crippen molar-refractivity contribution in [3.63, 3.8) is 0 Å². The van der Waals surface area contributed by atoms with E-state index in [4.69, 9.17) is 10.3 Å². The summed E-state index contributed by atoms with van der Waals surface area (Å²) in [6, 6.07) is 7.53. The zero-order valence-corrected chi connectivity index (χ0v) is 10.0. The van der Waals surface area contributed by atoms with Crippen LogP contribution in [0.4, 0.5) is 11.6 Å². The molecule has 1 aliphatic heterocycles. The molecule has 0 fully saturated rings. The number of amides is 1. The Morgan fingerprint density at radius 1 is 1.39 bits per heavy atom. The molecule has 3 rings (SSSR count). The average Bonchev–Trinajstić information content (AvgIpc) is 2.80. The lowest BCUT2D eigenvalue weighted by Gasteiger charge is -2.27. The zero-order valence-electron chi connectivity index (χ0n) is 10.0. The van der Waals surface area contributed by atoms with Crippen LogP contribution >= 0.6 is 0 Å². The smallest absolute Gasteiger partial charge is 0.227 e. The Bertz CT molecular complexity index is 618. The van der Waals surface area contributed by atoms with E-state index in [-0.39, 0.29) is 5.91 Å². The monoisotopic (exact) mass is 243 g/mol. The third-order valence-electron chi connectivity index (χ3n) is 3.28. The van der Waals surface area contributed by atoms with Crippen LogP contribution in [0.5, 0.6) is 0 Å². The third-order valence-corrected chi connectivity index (χ3v) is 3.28. The van der Waals surface area contributed by atoms with Crippen molar-refractivity contribution >= 4 is 17.5 Å². The van der Waals surface area contributed by atoms with Gasteiger partial charge in [-0.25, -0.2) is 0 Å². The van der Waals surface area contributed by atoms with Crippen LogP contribution in [0.15, 0.2) is 28.8 Å². The lowest BCUT2D eigenvalue weighted by Crippen LogP contribution is -2.31. The summed E-state index contributed by atoms with van der Waals surface area (Å²) in [5.41, 5.74) is 9.30. The van der Waals surface area contributed by atoms with Gasteiger partial charge < -0.3 is 15.2 Å². The van der Waals surface area contributed by atoms with E-state index in [9.17, 15) is 4.79 Å². The van der Waals surface area contributed by atoms with Gasteiger partial charge >= 0.3 is 0 Å². The summed E-state index contributed by atoms with van der Waals surface area (Å²) in [7, 11) is 1.79. The molecule has 18 heavy (non-hydrogen) atoms. The van der Waals surface area contributed by atoms with Crippen molar-refractivity contribution < 1.29 is 9.32 Å². The molecule has 0 saturated carbocycles. The van der Waals surface area contributed by atoms with Crippen LogP contribution in [0.2, 0.25) is 0 Å².